The van der Waals surface area contributed by atoms with Crippen LogP contribution in [0.1, 0.15) is 44.9 Å². The highest BCUT2D eigenvalue weighted by atomic mass is 32.2. The average Bonchev–Trinajstić information content (AvgIpc) is 2.50. The predicted octanol–water partition coefficient (Wildman–Crippen LogP) is 1.49. The van der Waals surface area contributed by atoms with E-state index in [1.165, 1.54) is 44.8 Å². The quantitative estimate of drug-likeness (QED) is 0.540. The second-order valence-electron chi connectivity index (χ2n) is 5.08. The van der Waals surface area contributed by atoms with Crippen molar-refractivity contribution in [2.24, 2.45) is 5.92 Å². The number of hydrogen-bond donors (Lipinski definition) is 2. The first-order valence-electron chi connectivity index (χ1n) is 6.73. The zero-order chi connectivity index (χ0) is 12.6. The molecule has 1 aliphatic rings. The number of hydrogen-bond acceptors (Lipinski definition) is 3. The molecule has 1 fully saturated rings. The summed E-state index contributed by atoms with van der Waals surface area (Å²) in [4.78, 5) is 0. The molecule has 0 aromatic rings. The number of rotatable bonds is 7. The molecule has 2 N–H and O–H groups in total. The fraction of sp³-hybridized carbons (Fsp3) is 1.00. The van der Waals surface area contributed by atoms with Gasteiger partial charge in [0.1, 0.15) is 0 Å². The van der Waals surface area contributed by atoms with Gasteiger partial charge in [-0.05, 0) is 38.3 Å². The van der Waals surface area contributed by atoms with Gasteiger partial charge < -0.3 is 5.32 Å². The second-order valence-corrected chi connectivity index (χ2v) is 6.91. The SMILES string of the molecule is CS(=O)(=O)NCCCNCC1CCCCCC1. The summed E-state index contributed by atoms with van der Waals surface area (Å²) in [6.45, 7) is 2.54. The average molecular weight is 262 g/mol. The van der Waals surface area contributed by atoms with Crippen LogP contribution in [0.5, 0.6) is 0 Å². The fourth-order valence-electron chi connectivity index (χ4n) is 2.35. The molecule has 0 spiro atoms. The minimum atomic E-state index is -3.01. The third-order valence-corrected chi connectivity index (χ3v) is 4.03. The minimum Gasteiger partial charge on any atom is -0.316 e. The van der Waals surface area contributed by atoms with Crippen LogP contribution in [-0.4, -0.2) is 34.3 Å². The molecule has 0 unspecified atom stereocenters. The van der Waals surface area contributed by atoms with Crippen LogP contribution in [0.25, 0.3) is 0 Å². The van der Waals surface area contributed by atoms with E-state index in [0.29, 0.717) is 6.54 Å². The van der Waals surface area contributed by atoms with Crippen molar-refractivity contribution < 1.29 is 8.42 Å². The Bertz CT molecular complexity index is 283. The zero-order valence-corrected chi connectivity index (χ0v) is 11.7. The van der Waals surface area contributed by atoms with Crippen LogP contribution in [0.2, 0.25) is 0 Å². The molecule has 0 aromatic heterocycles. The standard InChI is InChI=1S/C12H26N2O2S/c1-17(15,16)14-10-6-9-13-11-12-7-4-2-3-5-8-12/h12-14H,2-11H2,1H3. The monoisotopic (exact) mass is 262 g/mol. The molecule has 1 aliphatic carbocycles. The van der Waals surface area contributed by atoms with E-state index in [-0.39, 0.29) is 0 Å². The van der Waals surface area contributed by atoms with E-state index in [2.05, 4.69) is 10.0 Å². The molecule has 0 amide bonds. The lowest BCUT2D eigenvalue weighted by molar-refractivity contribution is 0.424. The van der Waals surface area contributed by atoms with Crippen molar-refractivity contribution >= 4 is 10.0 Å². The molecule has 4 nitrogen and oxygen atoms in total. The van der Waals surface area contributed by atoms with Crippen LogP contribution in [0, 0.1) is 5.92 Å². The van der Waals surface area contributed by atoms with Crippen LogP contribution >= 0.6 is 0 Å². The largest absolute Gasteiger partial charge is 0.316 e. The summed E-state index contributed by atoms with van der Waals surface area (Å²) in [5, 5.41) is 3.43. The maximum absolute atomic E-state index is 10.8. The van der Waals surface area contributed by atoms with Crippen molar-refractivity contribution in [1.29, 1.82) is 0 Å². The molecule has 1 saturated carbocycles. The summed E-state index contributed by atoms with van der Waals surface area (Å²) >= 11 is 0. The molecular weight excluding hydrogens is 236 g/mol. The first-order chi connectivity index (χ1) is 8.08. The second kappa shape index (κ2) is 8.06. The lowest BCUT2D eigenvalue weighted by Crippen LogP contribution is -2.28. The highest BCUT2D eigenvalue weighted by Gasteiger charge is 2.11. The van der Waals surface area contributed by atoms with E-state index in [1.54, 1.807) is 0 Å². The van der Waals surface area contributed by atoms with Crippen LogP contribution in [0.15, 0.2) is 0 Å². The lowest BCUT2D eigenvalue weighted by Gasteiger charge is -2.14. The van der Waals surface area contributed by atoms with Crippen molar-refractivity contribution in [3.63, 3.8) is 0 Å². The normalized spacial score (nSPS) is 19.1. The van der Waals surface area contributed by atoms with E-state index in [1.807, 2.05) is 0 Å². The van der Waals surface area contributed by atoms with Crippen LogP contribution in [0.4, 0.5) is 0 Å². The van der Waals surface area contributed by atoms with Gasteiger partial charge in [-0.15, -0.1) is 0 Å². The third kappa shape index (κ3) is 8.57. The van der Waals surface area contributed by atoms with Crippen LogP contribution < -0.4 is 10.0 Å². The van der Waals surface area contributed by atoms with Gasteiger partial charge in [0.05, 0.1) is 6.26 Å². The lowest BCUT2D eigenvalue weighted by atomic mass is 10.0. The van der Waals surface area contributed by atoms with E-state index in [9.17, 15) is 8.42 Å². The first kappa shape index (κ1) is 14.9. The van der Waals surface area contributed by atoms with Gasteiger partial charge in [-0.3, -0.25) is 0 Å². The molecule has 0 saturated heterocycles. The molecule has 102 valence electrons. The Morgan fingerprint density at radius 1 is 1.06 bits per heavy atom. The molecule has 0 aromatic carbocycles. The predicted molar refractivity (Wildman–Crippen MR) is 71.5 cm³/mol. The maximum Gasteiger partial charge on any atom is 0.208 e. The molecule has 5 heteroatoms. The summed E-state index contributed by atoms with van der Waals surface area (Å²) in [6, 6.07) is 0. The first-order valence-corrected chi connectivity index (χ1v) is 8.62. The van der Waals surface area contributed by atoms with Crippen molar-refractivity contribution in [2.75, 3.05) is 25.9 Å². The van der Waals surface area contributed by atoms with Crippen LogP contribution in [-0.2, 0) is 10.0 Å². The van der Waals surface area contributed by atoms with Crippen molar-refractivity contribution in [1.82, 2.24) is 10.0 Å². The van der Waals surface area contributed by atoms with Gasteiger partial charge in [0.25, 0.3) is 0 Å². The van der Waals surface area contributed by atoms with Crippen molar-refractivity contribution in [3.8, 4) is 0 Å². The Morgan fingerprint density at radius 3 is 2.29 bits per heavy atom. The molecule has 0 aliphatic heterocycles. The Morgan fingerprint density at radius 2 is 1.71 bits per heavy atom. The van der Waals surface area contributed by atoms with Gasteiger partial charge in [-0.1, -0.05) is 25.7 Å². The highest BCUT2D eigenvalue weighted by Crippen LogP contribution is 2.21. The third-order valence-electron chi connectivity index (χ3n) is 3.30. The summed E-state index contributed by atoms with van der Waals surface area (Å²) in [5.74, 6) is 0.834. The van der Waals surface area contributed by atoms with Gasteiger partial charge in [-0.2, -0.15) is 0 Å². The Labute approximate surface area is 106 Å². The Kier molecular flexibility index (Phi) is 7.08. The summed E-state index contributed by atoms with van der Waals surface area (Å²) in [7, 11) is -3.01. The molecule has 0 atom stereocenters. The highest BCUT2D eigenvalue weighted by molar-refractivity contribution is 7.88. The van der Waals surface area contributed by atoms with Gasteiger partial charge >= 0.3 is 0 Å². The zero-order valence-electron chi connectivity index (χ0n) is 10.9. The Balaban J connectivity index is 1.96. The molecule has 0 bridgehead atoms. The molecule has 0 heterocycles. The van der Waals surface area contributed by atoms with Crippen LogP contribution in [0.3, 0.4) is 0 Å². The van der Waals surface area contributed by atoms with E-state index < -0.39 is 10.0 Å². The van der Waals surface area contributed by atoms with E-state index in [4.69, 9.17) is 0 Å². The summed E-state index contributed by atoms with van der Waals surface area (Å²) in [6.07, 6.45) is 10.3. The summed E-state index contributed by atoms with van der Waals surface area (Å²) in [5.41, 5.74) is 0. The van der Waals surface area contributed by atoms with E-state index in [0.717, 1.165) is 25.4 Å². The molecule has 17 heavy (non-hydrogen) atoms. The maximum atomic E-state index is 10.8. The molecular formula is C12H26N2O2S. The van der Waals surface area contributed by atoms with Gasteiger partial charge in [0, 0.05) is 6.54 Å². The topological polar surface area (TPSA) is 58.2 Å². The van der Waals surface area contributed by atoms with Gasteiger partial charge in [0.15, 0.2) is 0 Å². The van der Waals surface area contributed by atoms with E-state index >= 15 is 0 Å². The Hall–Kier alpha value is -0.130. The van der Waals surface area contributed by atoms with Crippen molar-refractivity contribution in [2.45, 2.75) is 44.9 Å². The van der Waals surface area contributed by atoms with Gasteiger partial charge in [0.2, 0.25) is 10.0 Å². The number of nitrogens with one attached hydrogen (secondary N) is 2. The van der Waals surface area contributed by atoms with Gasteiger partial charge in [-0.25, -0.2) is 13.1 Å². The molecule has 0 radical (unpaired) electrons. The van der Waals surface area contributed by atoms with Crippen molar-refractivity contribution in [3.05, 3.63) is 0 Å². The number of sulfonamides is 1. The smallest absolute Gasteiger partial charge is 0.208 e. The fourth-order valence-corrected chi connectivity index (χ4v) is 2.86. The molecule has 1 rings (SSSR count). The summed E-state index contributed by atoms with van der Waals surface area (Å²) < 4.78 is 24.1. The minimum absolute atomic E-state index is 0.538.